The normalized spacial score (nSPS) is 9.91. The quantitative estimate of drug-likeness (QED) is 0.792. The number of carbonyl (C=O) groups excluding carboxylic acids is 2. The van der Waals surface area contributed by atoms with Gasteiger partial charge in [0, 0.05) is 24.7 Å². The number of anilines is 4. The maximum Gasteiger partial charge on any atom is 0.224 e. The van der Waals surface area contributed by atoms with E-state index in [1.54, 1.807) is 25.3 Å². The highest BCUT2D eigenvalue weighted by Gasteiger charge is 2.02. The molecule has 1 heterocycles. The van der Waals surface area contributed by atoms with Crippen molar-refractivity contribution < 1.29 is 9.59 Å². The number of amides is 2. The summed E-state index contributed by atoms with van der Waals surface area (Å²) in [6.07, 6.45) is 2.02. The molecule has 0 radical (unpaired) electrons. The molecule has 2 rings (SSSR count). The van der Waals surface area contributed by atoms with Crippen molar-refractivity contribution in [2.45, 2.75) is 20.3 Å². The van der Waals surface area contributed by atoms with E-state index in [0.29, 0.717) is 23.6 Å². The Labute approximate surface area is 129 Å². The molecule has 0 bridgehead atoms. The van der Waals surface area contributed by atoms with Crippen molar-refractivity contribution >= 4 is 34.7 Å². The summed E-state index contributed by atoms with van der Waals surface area (Å²) in [5.41, 5.74) is 2.18. The van der Waals surface area contributed by atoms with Crippen LogP contribution in [0.25, 0.3) is 0 Å². The first-order chi connectivity index (χ1) is 10.6. The lowest BCUT2D eigenvalue weighted by Gasteiger charge is -2.09. The number of benzene rings is 1. The Kier molecular flexibility index (Phi) is 5.08. The molecule has 0 fully saturated rings. The molecule has 0 spiro atoms. The van der Waals surface area contributed by atoms with Gasteiger partial charge < -0.3 is 16.0 Å². The van der Waals surface area contributed by atoms with Gasteiger partial charge in [-0.3, -0.25) is 9.59 Å². The number of rotatable bonds is 5. The van der Waals surface area contributed by atoms with Crippen LogP contribution in [-0.4, -0.2) is 16.8 Å². The number of hydrogen-bond donors (Lipinski definition) is 3. The molecule has 1 aromatic carbocycles. The Hall–Kier alpha value is -2.89. The smallest absolute Gasteiger partial charge is 0.224 e. The Balaban J connectivity index is 2.04. The van der Waals surface area contributed by atoms with Crippen molar-refractivity contribution in [1.29, 1.82) is 0 Å². The van der Waals surface area contributed by atoms with Crippen LogP contribution in [0.4, 0.5) is 22.9 Å². The van der Waals surface area contributed by atoms with Gasteiger partial charge in [0.2, 0.25) is 11.8 Å². The number of nitrogens with one attached hydrogen (secondary N) is 3. The van der Waals surface area contributed by atoms with Crippen LogP contribution in [0.15, 0.2) is 42.6 Å². The zero-order chi connectivity index (χ0) is 15.9. The third-order valence-corrected chi connectivity index (χ3v) is 2.82. The van der Waals surface area contributed by atoms with Crippen LogP contribution in [0.2, 0.25) is 0 Å². The lowest BCUT2D eigenvalue weighted by molar-refractivity contribution is -0.116. The molecule has 2 aromatic rings. The summed E-state index contributed by atoms with van der Waals surface area (Å²) in [5.74, 6) is 0.478. The van der Waals surface area contributed by atoms with Crippen LogP contribution >= 0.6 is 0 Å². The van der Waals surface area contributed by atoms with Crippen LogP contribution in [-0.2, 0) is 9.59 Å². The minimum absolute atomic E-state index is 0.0504. The Morgan fingerprint density at radius 2 is 1.82 bits per heavy atom. The first-order valence-corrected chi connectivity index (χ1v) is 6.97. The first-order valence-electron chi connectivity index (χ1n) is 6.97. The lowest BCUT2D eigenvalue weighted by Crippen LogP contribution is -2.09. The fraction of sp³-hybridized carbons (Fsp3) is 0.188. The third-order valence-electron chi connectivity index (χ3n) is 2.82. The lowest BCUT2D eigenvalue weighted by atomic mass is 10.2. The van der Waals surface area contributed by atoms with Gasteiger partial charge in [0.05, 0.1) is 11.9 Å². The maximum absolute atomic E-state index is 11.3. The van der Waals surface area contributed by atoms with Gasteiger partial charge >= 0.3 is 0 Å². The van der Waals surface area contributed by atoms with E-state index < -0.39 is 0 Å². The maximum atomic E-state index is 11.3. The zero-order valence-electron chi connectivity index (χ0n) is 12.5. The minimum Gasteiger partial charge on any atom is -0.340 e. The van der Waals surface area contributed by atoms with E-state index in [1.807, 2.05) is 24.3 Å². The summed E-state index contributed by atoms with van der Waals surface area (Å²) in [6.45, 7) is 3.26. The van der Waals surface area contributed by atoms with Gasteiger partial charge in [-0.2, -0.15) is 0 Å². The number of aromatic nitrogens is 1. The van der Waals surface area contributed by atoms with Crippen LogP contribution < -0.4 is 16.0 Å². The van der Waals surface area contributed by atoms with Crippen molar-refractivity contribution in [3.05, 3.63) is 42.6 Å². The van der Waals surface area contributed by atoms with E-state index >= 15 is 0 Å². The van der Waals surface area contributed by atoms with Crippen LogP contribution in [0, 0.1) is 0 Å². The van der Waals surface area contributed by atoms with Crippen LogP contribution in [0.1, 0.15) is 20.3 Å². The summed E-state index contributed by atoms with van der Waals surface area (Å²) in [6, 6.07) is 10.9. The molecule has 0 aliphatic rings. The Morgan fingerprint density at radius 3 is 2.45 bits per heavy atom. The standard InChI is InChI=1S/C16H18N4O2/c1-3-16(22)20-14-7-8-15(17-10-14)19-13-6-4-5-12(9-13)18-11(2)21/h4-10H,3H2,1-2H3,(H,17,19)(H,18,21)(H,20,22). The van der Waals surface area contributed by atoms with Gasteiger partial charge in [0.1, 0.15) is 5.82 Å². The molecule has 0 saturated carbocycles. The number of nitrogens with zero attached hydrogens (tertiary/aromatic N) is 1. The molecule has 3 N–H and O–H groups in total. The van der Waals surface area contributed by atoms with Gasteiger partial charge in [-0.1, -0.05) is 13.0 Å². The van der Waals surface area contributed by atoms with Gasteiger partial charge in [-0.15, -0.1) is 0 Å². The summed E-state index contributed by atoms with van der Waals surface area (Å²) in [7, 11) is 0. The third kappa shape index (κ3) is 4.59. The molecule has 0 atom stereocenters. The monoisotopic (exact) mass is 298 g/mol. The predicted molar refractivity (Wildman–Crippen MR) is 87.2 cm³/mol. The molecule has 114 valence electrons. The molecule has 0 aliphatic heterocycles. The second kappa shape index (κ2) is 7.21. The van der Waals surface area contributed by atoms with Gasteiger partial charge in [0.25, 0.3) is 0 Å². The van der Waals surface area contributed by atoms with Crippen molar-refractivity contribution in [2.24, 2.45) is 0 Å². The van der Waals surface area contributed by atoms with Crippen LogP contribution in [0.3, 0.4) is 0 Å². The molecule has 22 heavy (non-hydrogen) atoms. The molecule has 2 amide bonds. The van der Waals surface area contributed by atoms with E-state index in [9.17, 15) is 9.59 Å². The van der Waals surface area contributed by atoms with Gasteiger partial charge in [0.15, 0.2) is 0 Å². The van der Waals surface area contributed by atoms with Gasteiger partial charge in [-0.05, 0) is 30.3 Å². The average Bonchev–Trinajstić information content (AvgIpc) is 2.49. The van der Waals surface area contributed by atoms with E-state index in [-0.39, 0.29) is 11.8 Å². The fourth-order valence-corrected chi connectivity index (χ4v) is 1.82. The van der Waals surface area contributed by atoms with E-state index in [0.717, 1.165) is 5.69 Å². The van der Waals surface area contributed by atoms with Crippen molar-refractivity contribution in [1.82, 2.24) is 4.98 Å². The molecule has 1 aromatic heterocycles. The molecule has 6 nitrogen and oxygen atoms in total. The van der Waals surface area contributed by atoms with Crippen molar-refractivity contribution in [3.63, 3.8) is 0 Å². The highest BCUT2D eigenvalue weighted by molar-refractivity contribution is 5.90. The molecular weight excluding hydrogens is 280 g/mol. The SMILES string of the molecule is CCC(=O)Nc1ccc(Nc2cccc(NC(C)=O)c2)nc1. The number of carbonyl (C=O) groups is 2. The van der Waals surface area contributed by atoms with Crippen molar-refractivity contribution in [3.8, 4) is 0 Å². The number of hydrogen-bond acceptors (Lipinski definition) is 4. The second-order valence-corrected chi connectivity index (χ2v) is 4.72. The Bertz CT molecular complexity index is 668. The van der Waals surface area contributed by atoms with Gasteiger partial charge in [-0.25, -0.2) is 4.98 Å². The van der Waals surface area contributed by atoms with Crippen molar-refractivity contribution in [2.75, 3.05) is 16.0 Å². The molecule has 0 unspecified atom stereocenters. The fourth-order valence-electron chi connectivity index (χ4n) is 1.82. The zero-order valence-corrected chi connectivity index (χ0v) is 12.5. The molecule has 0 saturated heterocycles. The van der Waals surface area contributed by atoms with E-state index in [4.69, 9.17) is 0 Å². The molecule has 6 heteroatoms. The number of pyridine rings is 1. The highest BCUT2D eigenvalue weighted by atomic mass is 16.2. The predicted octanol–water partition coefficient (Wildman–Crippen LogP) is 3.13. The van der Waals surface area contributed by atoms with E-state index in [1.165, 1.54) is 6.92 Å². The minimum atomic E-state index is -0.119. The summed E-state index contributed by atoms with van der Waals surface area (Å²) < 4.78 is 0. The average molecular weight is 298 g/mol. The molecule has 0 aliphatic carbocycles. The van der Waals surface area contributed by atoms with E-state index in [2.05, 4.69) is 20.9 Å². The summed E-state index contributed by atoms with van der Waals surface area (Å²) >= 11 is 0. The second-order valence-electron chi connectivity index (χ2n) is 4.72. The highest BCUT2D eigenvalue weighted by Crippen LogP contribution is 2.19. The summed E-state index contributed by atoms with van der Waals surface area (Å²) in [5, 5.41) is 8.59. The van der Waals surface area contributed by atoms with Crippen LogP contribution in [0.5, 0.6) is 0 Å². The Morgan fingerprint density at radius 1 is 1.05 bits per heavy atom. The molecular formula is C16H18N4O2. The topological polar surface area (TPSA) is 83.1 Å². The summed E-state index contributed by atoms with van der Waals surface area (Å²) in [4.78, 5) is 26.6. The first kappa shape index (κ1) is 15.5. The largest absolute Gasteiger partial charge is 0.340 e.